The molecule has 13 nitrogen and oxygen atoms in total. The second kappa shape index (κ2) is 25.9. The number of unbranched alkanes of at least 4 members (excludes halogenated alkanes) is 4. The van der Waals surface area contributed by atoms with Crippen LogP contribution in [0.2, 0.25) is 0 Å². The Hall–Kier alpha value is -3.42. The Morgan fingerprint density at radius 3 is 1.98 bits per heavy atom. The first-order chi connectivity index (χ1) is 21.7. The number of rotatable bonds is 27. The summed E-state index contributed by atoms with van der Waals surface area (Å²) in [6.07, 6.45) is 9.67. The number of nitrogens with one attached hydrogen (secondary N) is 5. The number of aliphatic imine (C=N–C) groups is 1. The number of hydrogen-bond acceptors (Lipinski definition) is 8. The summed E-state index contributed by atoms with van der Waals surface area (Å²) in [5.74, 6) is -0.254. The highest BCUT2D eigenvalue weighted by atomic mass is 16.3. The number of phenolic OH excluding ortho intramolecular Hbond substituents is 1. The van der Waals surface area contributed by atoms with Crippen LogP contribution in [-0.4, -0.2) is 86.7 Å². The molecule has 1 aromatic rings. The third kappa shape index (κ3) is 21.8. The van der Waals surface area contributed by atoms with Crippen LogP contribution in [0.25, 0.3) is 0 Å². The molecule has 1 aromatic carbocycles. The van der Waals surface area contributed by atoms with Gasteiger partial charge in [0.25, 0.3) is 0 Å². The van der Waals surface area contributed by atoms with E-state index < -0.39 is 12.1 Å². The van der Waals surface area contributed by atoms with Crippen LogP contribution >= 0.6 is 0 Å². The van der Waals surface area contributed by atoms with Crippen molar-refractivity contribution in [2.24, 2.45) is 22.2 Å². The summed E-state index contributed by atoms with van der Waals surface area (Å²) < 4.78 is 0. The van der Waals surface area contributed by atoms with Gasteiger partial charge < -0.3 is 48.9 Å². The van der Waals surface area contributed by atoms with Gasteiger partial charge >= 0.3 is 0 Å². The summed E-state index contributed by atoms with van der Waals surface area (Å²) in [7, 11) is 0. The number of guanidine groups is 1. The van der Waals surface area contributed by atoms with Crippen LogP contribution in [0.4, 0.5) is 0 Å². The molecule has 0 fully saturated rings. The summed E-state index contributed by atoms with van der Waals surface area (Å²) in [5, 5.41) is 25.1. The Labute approximate surface area is 269 Å². The topological polar surface area (TPSA) is 222 Å². The molecular weight excluding hydrogens is 574 g/mol. The Morgan fingerprint density at radius 2 is 1.38 bits per heavy atom. The normalized spacial score (nSPS) is 12.2. The van der Waals surface area contributed by atoms with E-state index in [0.29, 0.717) is 45.3 Å². The fourth-order valence-electron chi connectivity index (χ4n) is 4.56. The summed E-state index contributed by atoms with van der Waals surface area (Å²) in [4.78, 5) is 41.3. The fourth-order valence-corrected chi connectivity index (χ4v) is 4.56. The van der Waals surface area contributed by atoms with E-state index in [-0.39, 0.29) is 29.4 Å². The average Bonchev–Trinajstić information content (AvgIpc) is 3.01. The van der Waals surface area contributed by atoms with Gasteiger partial charge in [0.1, 0.15) is 11.8 Å². The largest absolute Gasteiger partial charge is 0.508 e. The van der Waals surface area contributed by atoms with Crippen molar-refractivity contribution in [2.45, 2.75) is 96.1 Å². The highest BCUT2D eigenvalue weighted by Crippen LogP contribution is 2.12. The quantitative estimate of drug-likeness (QED) is 0.0378. The van der Waals surface area contributed by atoms with Gasteiger partial charge in [0.05, 0.1) is 6.04 Å². The summed E-state index contributed by atoms with van der Waals surface area (Å²) in [6.45, 7) is 7.10. The predicted molar refractivity (Wildman–Crippen MR) is 181 cm³/mol. The fraction of sp³-hybridized carbons (Fsp3) is 0.688. The minimum Gasteiger partial charge on any atom is -0.508 e. The van der Waals surface area contributed by atoms with Gasteiger partial charge in [0.2, 0.25) is 17.7 Å². The van der Waals surface area contributed by atoms with Crippen LogP contribution in [0.1, 0.15) is 83.1 Å². The van der Waals surface area contributed by atoms with Crippen molar-refractivity contribution in [3.05, 3.63) is 29.8 Å². The van der Waals surface area contributed by atoms with Crippen molar-refractivity contribution >= 4 is 23.7 Å². The van der Waals surface area contributed by atoms with Crippen molar-refractivity contribution in [1.82, 2.24) is 26.6 Å². The number of nitrogens with two attached hydrogens (primary N) is 3. The molecule has 0 saturated carbocycles. The van der Waals surface area contributed by atoms with Crippen LogP contribution in [0, 0.1) is 0 Å². The Morgan fingerprint density at radius 1 is 0.778 bits per heavy atom. The van der Waals surface area contributed by atoms with E-state index >= 15 is 0 Å². The van der Waals surface area contributed by atoms with Crippen LogP contribution in [-0.2, 0) is 20.8 Å². The first-order valence-corrected chi connectivity index (χ1v) is 16.6. The van der Waals surface area contributed by atoms with Gasteiger partial charge in [-0.25, -0.2) is 0 Å². The molecule has 256 valence electrons. The van der Waals surface area contributed by atoms with E-state index in [1.54, 1.807) is 24.3 Å². The molecule has 3 amide bonds. The molecule has 0 unspecified atom stereocenters. The van der Waals surface area contributed by atoms with Gasteiger partial charge in [0, 0.05) is 32.5 Å². The molecule has 0 bridgehead atoms. The van der Waals surface area contributed by atoms with Crippen LogP contribution < -0.4 is 43.8 Å². The molecule has 0 spiro atoms. The zero-order chi connectivity index (χ0) is 33.1. The highest BCUT2D eigenvalue weighted by molar-refractivity contribution is 5.87. The first kappa shape index (κ1) is 39.6. The van der Waals surface area contributed by atoms with Crippen molar-refractivity contribution < 1.29 is 19.5 Å². The van der Waals surface area contributed by atoms with Gasteiger partial charge in [-0.2, -0.15) is 0 Å². The molecule has 1 rings (SSSR count). The van der Waals surface area contributed by atoms with Gasteiger partial charge in [0.15, 0.2) is 5.96 Å². The van der Waals surface area contributed by atoms with E-state index in [4.69, 9.17) is 17.2 Å². The molecule has 2 atom stereocenters. The van der Waals surface area contributed by atoms with Crippen LogP contribution in [0.3, 0.4) is 0 Å². The SMILES string of the molecule is CCCCCCC(=O)N[C@@H](Cc1ccc(O)cc1)C(=O)NCCCNCCCCNCCCNC(=O)[C@@H](N)CCCN=C(N)N. The van der Waals surface area contributed by atoms with E-state index in [1.165, 1.54) is 0 Å². The van der Waals surface area contributed by atoms with Crippen molar-refractivity contribution in [2.75, 3.05) is 45.8 Å². The third-order valence-electron chi connectivity index (χ3n) is 7.21. The molecular formula is C32H59N9O4. The first-order valence-electron chi connectivity index (χ1n) is 16.6. The molecule has 45 heavy (non-hydrogen) atoms. The molecule has 0 aliphatic heterocycles. The second-order valence-electron chi connectivity index (χ2n) is 11.4. The van der Waals surface area contributed by atoms with Gasteiger partial charge in [-0.1, -0.05) is 38.3 Å². The lowest BCUT2D eigenvalue weighted by Gasteiger charge is -2.19. The minimum atomic E-state index is -0.657. The number of nitrogens with zero attached hydrogens (tertiary/aromatic N) is 1. The molecule has 12 N–H and O–H groups in total. The minimum absolute atomic E-state index is 0.0419. The number of aromatic hydroxyl groups is 1. The zero-order valence-electron chi connectivity index (χ0n) is 27.3. The van der Waals surface area contributed by atoms with E-state index in [2.05, 4.69) is 38.5 Å². The van der Waals surface area contributed by atoms with Crippen molar-refractivity contribution in [3.8, 4) is 5.75 Å². The predicted octanol–water partition coefficient (Wildman–Crippen LogP) is 0.743. The molecule has 0 aliphatic carbocycles. The van der Waals surface area contributed by atoms with Gasteiger partial charge in [-0.05, 0) is 88.8 Å². The summed E-state index contributed by atoms with van der Waals surface area (Å²) in [6, 6.07) is 5.49. The van der Waals surface area contributed by atoms with Gasteiger partial charge in [-0.3, -0.25) is 19.4 Å². The lowest BCUT2D eigenvalue weighted by molar-refractivity contribution is -0.129. The van der Waals surface area contributed by atoms with Crippen LogP contribution in [0.5, 0.6) is 5.75 Å². The molecule has 0 saturated heterocycles. The average molecular weight is 634 g/mol. The van der Waals surface area contributed by atoms with E-state index in [0.717, 1.165) is 83.1 Å². The molecule has 13 heteroatoms. The number of phenols is 1. The maximum Gasteiger partial charge on any atom is 0.242 e. The zero-order valence-corrected chi connectivity index (χ0v) is 27.3. The standard InChI is InChI=1S/C32H59N9O4/c1-2-3-4-5-12-29(43)41-28(24-25-13-15-26(42)16-14-25)31(45)39-23-10-20-37-18-7-6-17-36-19-9-22-38-30(44)27(33)11-8-21-40-32(34)35/h13-16,27-28,36-37,42H,2-12,17-24,33H2,1H3,(H,38,44)(H,39,45)(H,41,43)(H4,34,35,40)/t27-,28-/m0/s1. The second-order valence-corrected chi connectivity index (χ2v) is 11.4. The molecule has 0 heterocycles. The van der Waals surface area contributed by atoms with Crippen LogP contribution in [0.15, 0.2) is 29.3 Å². The molecule has 0 aromatic heterocycles. The Balaban J connectivity index is 2.12. The number of carbonyl (C=O) groups excluding carboxylic acids is 3. The maximum absolute atomic E-state index is 12.9. The lowest BCUT2D eigenvalue weighted by atomic mass is 10.0. The monoisotopic (exact) mass is 633 g/mol. The lowest BCUT2D eigenvalue weighted by Crippen LogP contribution is -2.48. The maximum atomic E-state index is 12.9. The van der Waals surface area contributed by atoms with Gasteiger partial charge in [-0.15, -0.1) is 0 Å². The third-order valence-corrected chi connectivity index (χ3v) is 7.21. The number of carbonyl (C=O) groups is 3. The smallest absolute Gasteiger partial charge is 0.242 e. The Kier molecular flexibility index (Phi) is 22.8. The van der Waals surface area contributed by atoms with Crippen molar-refractivity contribution in [3.63, 3.8) is 0 Å². The summed E-state index contributed by atoms with van der Waals surface area (Å²) >= 11 is 0. The van der Waals surface area contributed by atoms with Crippen molar-refractivity contribution in [1.29, 1.82) is 0 Å². The Bertz CT molecular complexity index is 972. The molecule has 0 radical (unpaired) electrons. The molecule has 0 aliphatic rings. The number of hydrogen-bond donors (Lipinski definition) is 9. The van der Waals surface area contributed by atoms with E-state index in [1.807, 2.05) is 0 Å². The number of amides is 3. The highest BCUT2D eigenvalue weighted by Gasteiger charge is 2.21. The summed E-state index contributed by atoms with van der Waals surface area (Å²) in [5.41, 5.74) is 17.3. The van der Waals surface area contributed by atoms with E-state index in [9.17, 15) is 19.5 Å². The number of benzene rings is 1.